The second kappa shape index (κ2) is 5.35. The molecule has 0 aliphatic rings. The Labute approximate surface area is 62.9 Å². The largest absolute Gasteiger partial charge is 2.00 e. The van der Waals surface area contributed by atoms with Crippen LogP contribution in [-0.2, 0) is 21.3 Å². The minimum Gasteiger partial charge on any atom is -0.822 e. The Balaban J connectivity index is -0.0000000800. The first-order chi connectivity index (χ1) is 2.00. The molecule has 0 aliphatic heterocycles. The Bertz CT molecular complexity index is 57.8. The van der Waals surface area contributed by atoms with E-state index >= 15 is 0 Å². The van der Waals surface area contributed by atoms with E-state index in [1.807, 2.05) is 0 Å². The molecule has 0 rings (SSSR count). The van der Waals surface area contributed by atoms with Crippen molar-refractivity contribution < 1.29 is 54.9 Å². The minimum absolute atomic E-state index is 0. The van der Waals surface area contributed by atoms with Gasteiger partial charge in [0.25, 0.3) is 0 Å². The summed E-state index contributed by atoms with van der Waals surface area (Å²) in [7, 11) is -5.39. The smallest absolute Gasteiger partial charge is 0.822 e. The van der Waals surface area contributed by atoms with Crippen LogP contribution in [0.4, 0.5) is 0 Å². The third-order valence-corrected chi connectivity index (χ3v) is 0. The van der Waals surface area contributed by atoms with E-state index in [4.69, 9.17) is 19.2 Å². The van der Waals surface area contributed by atoms with Crippen molar-refractivity contribution in [3.63, 3.8) is 0 Å². The Hall–Kier alpha value is 1.21. The van der Waals surface area contributed by atoms with Gasteiger partial charge in [-0.2, -0.15) is 7.82 Å². The molecule has 0 aromatic carbocycles. The molecular weight excluding hydrogens is 161 g/mol. The van der Waals surface area contributed by atoms with Crippen molar-refractivity contribution in [2.24, 2.45) is 0 Å². The van der Waals surface area contributed by atoms with Gasteiger partial charge in [-0.25, -0.2) is 0 Å². The van der Waals surface area contributed by atoms with Crippen LogP contribution in [0, 0.1) is 0 Å². The van der Waals surface area contributed by atoms with Crippen molar-refractivity contribution in [1.82, 2.24) is 0 Å². The van der Waals surface area contributed by atoms with E-state index in [2.05, 4.69) is 0 Å². The Morgan fingerprint density at radius 2 is 1.14 bits per heavy atom. The van der Waals surface area contributed by atoms with Crippen molar-refractivity contribution in [3.05, 3.63) is 0 Å². The average molecular weight is 161 g/mol. The zero-order chi connectivity index (χ0) is 4.50. The maximum atomic E-state index is 8.55. The molecule has 0 heterocycles. The van der Waals surface area contributed by atoms with Crippen molar-refractivity contribution in [1.29, 1.82) is 0 Å². The summed E-state index contributed by atoms with van der Waals surface area (Å²) in [5, 5.41) is 0. The molecule has 7 heteroatoms. The molecule has 0 N–H and O–H groups in total. The van der Waals surface area contributed by atoms with E-state index in [1.54, 1.807) is 0 Å². The molecular formula is CoLiO4P. The Kier molecular flexibility index (Phi) is 12.0. The zero-order valence-corrected chi connectivity index (χ0v) is 5.35. The van der Waals surface area contributed by atoms with Gasteiger partial charge in [0.05, 0.1) is 0 Å². The Morgan fingerprint density at radius 1 is 1.14 bits per heavy atom. The molecule has 0 aromatic heterocycles. The predicted octanol–water partition coefficient (Wildman–Crippen LogP) is -5.82. The summed E-state index contributed by atoms with van der Waals surface area (Å²) in [5.41, 5.74) is 0. The molecule has 1 radical (unpaired) electrons. The van der Waals surface area contributed by atoms with Gasteiger partial charge in [-0.3, -0.25) is 0 Å². The van der Waals surface area contributed by atoms with Gasteiger partial charge in [0, 0.05) is 0 Å². The van der Waals surface area contributed by atoms with E-state index in [1.165, 1.54) is 0 Å². The fourth-order valence-corrected chi connectivity index (χ4v) is 0. The van der Waals surface area contributed by atoms with Crippen LogP contribution in [0.25, 0.3) is 0 Å². The minimum atomic E-state index is -5.39. The molecule has 0 aliphatic carbocycles. The van der Waals surface area contributed by atoms with Gasteiger partial charge in [0.15, 0.2) is 0 Å². The first-order valence-electron chi connectivity index (χ1n) is 0.730. The van der Waals surface area contributed by atoms with Crippen LogP contribution >= 0.6 is 7.82 Å². The molecule has 0 saturated heterocycles. The van der Waals surface area contributed by atoms with E-state index < -0.39 is 7.82 Å². The SMILES string of the molecule is O=P([O-])([O-])[O-].[Co+2].[Li+]. The number of phosphoric acid groups is 1. The number of hydrogen-bond donors (Lipinski definition) is 0. The van der Waals surface area contributed by atoms with Gasteiger partial charge in [-0.05, 0) is 0 Å². The fourth-order valence-electron chi connectivity index (χ4n) is 0. The molecule has 0 aromatic rings. The molecule has 0 unspecified atom stereocenters. The van der Waals surface area contributed by atoms with Gasteiger partial charge in [-0.15, -0.1) is 0 Å². The maximum absolute atomic E-state index is 8.55. The van der Waals surface area contributed by atoms with Crippen LogP contribution in [0.2, 0.25) is 0 Å². The van der Waals surface area contributed by atoms with Crippen molar-refractivity contribution >= 4 is 7.82 Å². The second-order valence-electron chi connectivity index (χ2n) is 0.447. The summed E-state index contributed by atoms with van der Waals surface area (Å²) in [5.74, 6) is 0. The summed E-state index contributed by atoms with van der Waals surface area (Å²) in [6.07, 6.45) is 0. The van der Waals surface area contributed by atoms with Crippen LogP contribution in [0.5, 0.6) is 0 Å². The van der Waals surface area contributed by atoms with Crippen LogP contribution in [0.1, 0.15) is 0 Å². The van der Waals surface area contributed by atoms with Gasteiger partial charge < -0.3 is 19.2 Å². The van der Waals surface area contributed by atoms with Crippen molar-refractivity contribution in [2.75, 3.05) is 0 Å². The molecule has 0 bridgehead atoms. The van der Waals surface area contributed by atoms with Crippen LogP contribution in [0.3, 0.4) is 0 Å². The van der Waals surface area contributed by atoms with Gasteiger partial charge >= 0.3 is 35.6 Å². The first-order valence-corrected chi connectivity index (χ1v) is 2.19. The molecule has 0 fully saturated rings. The molecule has 39 valence electrons. The van der Waals surface area contributed by atoms with E-state index in [0.717, 1.165) is 0 Å². The summed E-state index contributed by atoms with van der Waals surface area (Å²) < 4.78 is 8.55. The zero-order valence-electron chi connectivity index (χ0n) is 3.41. The molecule has 4 nitrogen and oxygen atoms in total. The van der Waals surface area contributed by atoms with Crippen LogP contribution in [0.15, 0.2) is 0 Å². The van der Waals surface area contributed by atoms with E-state index in [9.17, 15) is 0 Å². The summed E-state index contributed by atoms with van der Waals surface area (Å²) in [4.78, 5) is 25.6. The topological polar surface area (TPSA) is 86.2 Å². The number of rotatable bonds is 0. The summed E-state index contributed by atoms with van der Waals surface area (Å²) in [6, 6.07) is 0. The fraction of sp³-hybridized carbons (Fsp3) is 0. The quantitative estimate of drug-likeness (QED) is 0.261. The van der Waals surface area contributed by atoms with Crippen molar-refractivity contribution in [3.8, 4) is 0 Å². The second-order valence-corrected chi connectivity index (χ2v) is 1.34. The normalized spacial score (nSPS) is 8.43. The third kappa shape index (κ3) is 133. The number of hydrogen-bond acceptors (Lipinski definition) is 4. The first kappa shape index (κ1) is 15.7. The van der Waals surface area contributed by atoms with E-state index in [0.29, 0.717) is 0 Å². The third-order valence-electron chi connectivity index (χ3n) is 0. The standard InChI is InChI=1S/Co.Li.H3O4P/c;;1-5(2,3)4/h;;(H3,1,2,3,4)/q+2;+1;/p-3. The molecule has 0 amide bonds. The molecule has 0 spiro atoms. The average Bonchev–Trinajstić information content (AvgIpc) is 0.722. The van der Waals surface area contributed by atoms with Crippen LogP contribution in [-0.4, -0.2) is 0 Å². The van der Waals surface area contributed by atoms with Gasteiger partial charge in [0.2, 0.25) is 0 Å². The molecule has 0 atom stereocenters. The monoisotopic (exact) mass is 161 g/mol. The maximum Gasteiger partial charge on any atom is 2.00 e. The summed E-state index contributed by atoms with van der Waals surface area (Å²) >= 11 is 0. The van der Waals surface area contributed by atoms with Crippen molar-refractivity contribution in [2.45, 2.75) is 0 Å². The van der Waals surface area contributed by atoms with E-state index in [-0.39, 0.29) is 35.6 Å². The molecule has 7 heavy (non-hydrogen) atoms. The Morgan fingerprint density at radius 3 is 1.14 bits per heavy atom. The van der Waals surface area contributed by atoms with Crippen LogP contribution < -0.4 is 33.5 Å². The summed E-state index contributed by atoms with van der Waals surface area (Å²) in [6.45, 7) is 0. The van der Waals surface area contributed by atoms with Gasteiger partial charge in [-0.1, -0.05) is 0 Å². The predicted molar refractivity (Wildman–Crippen MR) is 7.61 cm³/mol. The molecule has 0 saturated carbocycles. The van der Waals surface area contributed by atoms with Gasteiger partial charge in [0.1, 0.15) is 0 Å².